The molecule has 1 aliphatic rings. The van der Waals surface area contributed by atoms with Gasteiger partial charge in [0.1, 0.15) is 5.60 Å². The quantitative estimate of drug-likeness (QED) is 0.737. The third kappa shape index (κ3) is 5.30. The first-order valence-corrected chi connectivity index (χ1v) is 7.95. The van der Waals surface area contributed by atoms with E-state index in [0.29, 0.717) is 13.1 Å². The second-order valence-electron chi connectivity index (χ2n) is 6.01. The van der Waals surface area contributed by atoms with Crippen LogP contribution in [0.4, 0.5) is 4.79 Å². The van der Waals surface area contributed by atoms with Crippen LogP contribution in [0.1, 0.15) is 47.5 Å². The summed E-state index contributed by atoms with van der Waals surface area (Å²) in [5, 5.41) is 0. The molecule has 0 aromatic rings. The van der Waals surface area contributed by atoms with Crippen molar-refractivity contribution >= 4 is 22.0 Å². The molecule has 2 atom stereocenters. The Morgan fingerprint density at radius 1 is 1.32 bits per heavy atom. The molecule has 19 heavy (non-hydrogen) atoms. The van der Waals surface area contributed by atoms with E-state index in [9.17, 15) is 4.79 Å². The molecular weight excluding hydrogens is 310 g/mol. The summed E-state index contributed by atoms with van der Waals surface area (Å²) in [6.07, 6.45) is 2.06. The molecule has 0 radical (unpaired) electrons. The molecule has 0 aromatic heterocycles. The number of alkyl halides is 1. The first-order chi connectivity index (χ1) is 8.76. The average Bonchev–Trinajstić information content (AvgIpc) is 2.65. The van der Waals surface area contributed by atoms with Crippen LogP contribution in [0.15, 0.2) is 0 Å². The van der Waals surface area contributed by atoms with E-state index in [1.165, 1.54) is 0 Å². The lowest BCUT2D eigenvalue weighted by molar-refractivity contribution is -0.0116. The molecule has 0 aliphatic carbocycles. The van der Waals surface area contributed by atoms with Crippen LogP contribution >= 0.6 is 15.9 Å². The smallest absolute Gasteiger partial charge is 0.410 e. The van der Waals surface area contributed by atoms with E-state index in [-0.39, 0.29) is 23.1 Å². The molecule has 4 nitrogen and oxygen atoms in total. The van der Waals surface area contributed by atoms with Crippen LogP contribution in [0.3, 0.4) is 0 Å². The van der Waals surface area contributed by atoms with Gasteiger partial charge in [0.2, 0.25) is 0 Å². The van der Waals surface area contributed by atoms with E-state index in [1.54, 1.807) is 4.90 Å². The van der Waals surface area contributed by atoms with Crippen molar-refractivity contribution in [2.75, 3.05) is 13.1 Å². The number of nitrogens with zero attached hydrogens (tertiary/aromatic N) is 1. The van der Waals surface area contributed by atoms with Crippen LogP contribution in [0, 0.1) is 0 Å². The highest BCUT2D eigenvalue weighted by Gasteiger charge is 2.37. The minimum Gasteiger partial charge on any atom is -0.444 e. The van der Waals surface area contributed by atoms with Crippen molar-refractivity contribution in [3.8, 4) is 0 Å². The predicted octanol–water partition coefficient (Wildman–Crippen LogP) is 3.57. The monoisotopic (exact) mass is 335 g/mol. The topological polar surface area (TPSA) is 38.8 Å². The van der Waals surface area contributed by atoms with Gasteiger partial charge < -0.3 is 14.4 Å². The predicted molar refractivity (Wildman–Crippen MR) is 79.8 cm³/mol. The zero-order chi connectivity index (χ0) is 14.6. The Morgan fingerprint density at radius 2 is 1.89 bits per heavy atom. The van der Waals surface area contributed by atoms with Crippen molar-refractivity contribution in [3.05, 3.63) is 0 Å². The number of likely N-dealkylation sites (tertiary alicyclic amines) is 1. The van der Waals surface area contributed by atoms with E-state index in [0.717, 1.165) is 12.8 Å². The second kappa shape index (κ2) is 6.93. The van der Waals surface area contributed by atoms with Crippen LogP contribution in [-0.2, 0) is 9.47 Å². The van der Waals surface area contributed by atoms with Crippen molar-refractivity contribution < 1.29 is 14.3 Å². The van der Waals surface area contributed by atoms with Gasteiger partial charge in [0, 0.05) is 6.54 Å². The lowest BCUT2D eigenvalue weighted by Gasteiger charge is -2.24. The molecule has 1 saturated heterocycles. The molecule has 5 heteroatoms. The number of rotatable bonds is 4. The van der Waals surface area contributed by atoms with Gasteiger partial charge in [0.25, 0.3) is 0 Å². The van der Waals surface area contributed by atoms with Crippen LogP contribution in [0.5, 0.6) is 0 Å². The number of hydrogen-bond acceptors (Lipinski definition) is 3. The summed E-state index contributed by atoms with van der Waals surface area (Å²) in [6.45, 7) is 11.1. The van der Waals surface area contributed by atoms with Crippen molar-refractivity contribution in [2.45, 2.75) is 70.1 Å². The molecule has 0 bridgehead atoms. The fourth-order valence-corrected chi connectivity index (χ4v) is 2.71. The fourth-order valence-electron chi connectivity index (χ4n) is 2.07. The maximum absolute atomic E-state index is 12.0. The number of amides is 1. The van der Waals surface area contributed by atoms with Crippen LogP contribution < -0.4 is 0 Å². The Labute approximate surface area is 124 Å². The average molecular weight is 336 g/mol. The van der Waals surface area contributed by atoms with Gasteiger partial charge in [-0.1, -0.05) is 29.8 Å². The summed E-state index contributed by atoms with van der Waals surface area (Å²) >= 11 is 3.61. The Hall–Kier alpha value is -0.290. The van der Waals surface area contributed by atoms with Crippen molar-refractivity contribution in [1.29, 1.82) is 0 Å². The highest BCUT2D eigenvalue weighted by molar-refractivity contribution is 9.09. The van der Waals surface area contributed by atoms with Gasteiger partial charge >= 0.3 is 6.09 Å². The molecule has 0 aromatic carbocycles. The third-order valence-corrected chi connectivity index (χ3v) is 4.01. The van der Waals surface area contributed by atoms with Crippen LogP contribution in [-0.4, -0.2) is 46.7 Å². The molecule has 1 fully saturated rings. The van der Waals surface area contributed by atoms with E-state index in [1.807, 2.05) is 20.8 Å². The number of halogens is 1. The molecule has 0 N–H and O–H groups in total. The fraction of sp³-hybridized carbons (Fsp3) is 0.929. The van der Waals surface area contributed by atoms with Crippen molar-refractivity contribution in [2.24, 2.45) is 0 Å². The van der Waals surface area contributed by atoms with Gasteiger partial charge in [-0.05, 0) is 33.6 Å². The number of hydrogen-bond donors (Lipinski definition) is 0. The largest absolute Gasteiger partial charge is 0.444 e. The van der Waals surface area contributed by atoms with Gasteiger partial charge in [-0.25, -0.2) is 4.79 Å². The maximum atomic E-state index is 12.0. The minimum absolute atomic E-state index is 0.0532. The highest BCUT2D eigenvalue weighted by Crippen LogP contribution is 2.24. The summed E-state index contributed by atoms with van der Waals surface area (Å²) in [5.74, 6) is 0. The van der Waals surface area contributed by atoms with Gasteiger partial charge in [-0.3, -0.25) is 0 Å². The normalized spacial score (nSPS) is 24.1. The molecule has 112 valence electrons. The molecule has 1 heterocycles. The molecule has 0 saturated carbocycles. The summed E-state index contributed by atoms with van der Waals surface area (Å²) in [6, 6.07) is 0. The number of carbonyl (C=O) groups excluding carboxylic acids is 1. The first kappa shape index (κ1) is 16.8. The SMILES string of the molecule is CCC(CC)OC1CN(C(=O)OC(C)(C)C)CC1Br. The highest BCUT2D eigenvalue weighted by atomic mass is 79.9. The van der Waals surface area contributed by atoms with Crippen LogP contribution in [0.2, 0.25) is 0 Å². The van der Waals surface area contributed by atoms with Crippen molar-refractivity contribution in [3.63, 3.8) is 0 Å². The van der Waals surface area contributed by atoms with E-state index in [4.69, 9.17) is 9.47 Å². The Balaban J connectivity index is 2.52. The second-order valence-corrected chi connectivity index (χ2v) is 7.19. The molecular formula is C14H26BrNO3. The van der Waals surface area contributed by atoms with Gasteiger partial charge in [0.05, 0.1) is 23.6 Å². The third-order valence-electron chi connectivity index (χ3n) is 3.13. The lowest BCUT2D eigenvalue weighted by atomic mass is 10.2. The number of carbonyl (C=O) groups is 1. The molecule has 1 rings (SSSR count). The van der Waals surface area contributed by atoms with Crippen LogP contribution in [0.25, 0.3) is 0 Å². The minimum atomic E-state index is -0.451. The molecule has 0 spiro atoms. The Bertz CT molecular complexity index is 300. The number of ether oxygens (including phenoxy) is 2. The van der Waals surface area contributed by atoms with Gasteiger partial charge in [0.15, 0.2) is 0 Å². The first-order valence-electron chi connectivity index (χ1n) is 7.04. The van der Waals surface area contributed by atoms with Gasteiger partial charge in [-0.15, -0.1) is 0 Å². The summed E-state index contributed by atoms with van der Waals surface area (Å²) < 4.78 is 11.4. The zero-order valence-electron chi connectivity index (χ0n) is 12.6. The lowest BCUT2D eigenvalue weighted by Crippen LogP contribution is -2.36. The van der Waals surface area contributed by atoms with Gasteiger partial charge in [-0.2, -0.15) is 0 Å². The molecule has 2 unspecified atom stereocenters. The van der Waals surface area contributed by atoms with Crippen molar-refractivity contribution in [1.82, 2.24) is 4.90 Å². The van der Waals surface area contributed by atoms with E-state index >= 15 is 0 Å². The summed E-state index contributed by atoms with van der Waals surface area (Å²) in [5.41, 5.74) is -0.451. The molecule has 1 aliphatic heterocycles. The van der Waals surface area contributed by atoms with E-state index < -0.39 is 5.60 Å². The summed E-state index contributed by atoms with van der Waals surface area (Å²) in [7, 11) is 0. The molecule has 1 amide bonds. The standard InChI is InChI=1S/C14H26BrNO3/c1-6-10(7-2)18-12-9-16(8-11(12)15)13(17)19-14(3,4)5/h10-12H,6-9H2,1-5H3. The Kier molecular flexibility index (Phi) is 6.12. The zero-order valence-corrected chi connectivity index (χ0v) is 14.2. The Morgan fingerprint density at radius 3 is 2.37 bits per heavy atom. The maximum Gasteiger partial charge on any atom is 0.410 e. The van der Waals surface area contributed by atoms with E-state index in [2.05, 4.69) is 29.8 Å². The summed E-state index contributed by atoms with van der Waals surface area (Å²) in [4.78, 5) is 13.9.